The Hall–Kier alpha value is 0.0869. The third-order valence-electron chi connectivity index (χ3n) is 5.50. The van der Waals surface area contributed by atoms with Gasteiger partial charge < -0.3 is 9.16 Å². The first-order valence-electron chi connectivity index (χ1n) is 9.31. The van der Waals surface area contributed by atoms with E-state index in [9.17, 15) is 0 Å². The zero-order valence-electron chi connectivity index (χ0n) is 16.0. The zero-order valence-corrected chi connectivity index (χ0v) is 19.1. The van der Waals surface area contributed by atoms with Crippen LogP contribution in [-0.2, 0) is 9.16 Å². The minimum absolute atomic E-state index is 0.0802. The Morgan fingerprint density at radius 3 is 2.00 bits per heavy atom. The van der Waals surface area contributed by atoms with Crippen molar-refractivity contribution in [2.45, 2.75) is 87.3 Å². The molecule has 0 aliphatic carbocycles. The van der Waals surface area contributed by atoms with Crippen LogP contribution < -0.4 is 0 Å². The predicted octanol–water partition coefficient (Wildman–Crippen LogP) is 6.86. The maximum absolute atomic E-state index is 6.94. The van der Waals surface area contributed by atoms with Crippen molar-refractivity contribution < 1.29 is 9.16 Å². The molecule has 1 heterocycles. The van der Waals surface area contributed by atoms with Gasteiger partial charge in [0.05, 0.1) is 10.0 Å². The van der Waals surface area contributed by atoms with Crippen molar-refractivity contribution in [1.82, 2.24) is 0 Å². The molecule has 3 atom stereocenters. The Morgan fingerprint density at radius 2 is 1.50 bits per heavy atom. The summed E-state index contributed by atoms with van der Waals surface area (Å²) in [5.41, 5.74) is 3.03. The van der Waals surface area contributed by atoms with Crippen LogP contribution in [0.2, 0.25) is 16.6 Å². The molecule has 1 saturated heterocycles. The van der Waals surface area contributed by atoms with Gasteiger partial charge in [0, 0.05) is 0 Å². The molecule has 2 unspecified atom stereocenters. The molecule has 136 valence electrons. The van der Waals surface area contributed by atoms with Gasteiger partial charge in [0.2, 0.25) is 8.32 Å². The van der Waals surface area contributed by atoms with Crippen LogP contribution in [0.3, 0.4) is 0 Å². The van der Waals surface area contributed by atoms with Gasteiger partial charge in [-0.25, -0.2) is 0 Å². The minimum Gasteiger partial charge on any atom is -0.391 e. The summed E-state index contributed by atoms with van der Waals surface area (Å²) in [6.45, 7) is 14.0. The number of benzene rings is 1. The van der Waals surface area contributed by atoms with Crippen molar-refractivity contribution in [3.63, 3.8) is 0 Å². The molecule has 1 aliphatic rings. The summed E-state index contributed by atoms with van der Waals surface area (Å²) in [5.74, 6) is 0. The molecule has 4 heteroatoms. The summed E-state index contributed by atoms with van der Waals surface area (Å²) in [6.07, 6.45) is 2.32. The van der Waals surface area contributed by atoms with Gasteiger partial charge in [-0.3, -0.25) is 0 Å². The first-order valence-corrected chi connectivity index (χ1v) is 12.7. The number of halogens is 1. The van der Waals surface area contributed by atoms with Crippen molar-refractivity contribution in [1.29, 1.82) is 0 Å². The SMILES string of the molecule is CC(C)[Si](OC1O[C@H](c2ccccc2)CCC1I)(C(C)C)C(C)C. The average molecular weight is 460 g/mol. The van der Waals surface area contributed by atoms with Gasteiger partial charge in [-0.05, 0) is 35.0 Å². The van der Waals surface area contributed by atoms with Crippen LogP contribution in [0.5, 0.6) is 0 Å². The number of alkyl halides is 1. The predicted molar refractivity (Wildman–Crippen MR) is 113 cm³/mol. The molecule has 1 aliphatic heterocycles. The molecule has 0 bridgehead atoms. The summed E-state index contributed by atoms with van der Waals surface area (Å²) in [4.78, 5) is 0. The Morgan fingerprint density at radius 1 is 0.958 bits per heavy atom. The highest BCUT2D eigenvalue weighted by Crippen LogP contribution is 2.46. The molecule has 24 heavy (non-hydrogen) atoms. The molecular weight excluding hydrogens is 427 g/mol. The van der Waals surface area contributed by atoms with Gasteiger partial charge >= 0.3 is 0 Å². The minimum atomic E-state index is -1.92. The smallest absolute Gasteiger partial charge is 0.203 e. The molecular formula is C20H33IO2Si. The van der Waals surface area contributed by atoms with E-state index in [0.717, 1.165) is 12.8 Å². The van der Waals surface area contributed by atoms with Crippen LogP contribution in [0.25, 0.3) is 0 Å². The maximum atomic E-state index is 6.94. The molecule has 1 fully saturated rings. The zero-order chi connectivity index (χ0) is 17.9. The van der Waals surface area contributed by atoms with Crippen LogP contribution in [-0.4, -0.2) is 18.5 Å². The topological polar surface area (TPSA) is 18.5 Å². The number of hydrogen-bond donors (Lipinski definition) is 0. The second-order valence-electron chi connectivity index (χ2n) is 7.93. The van der Waals surface area contributed by atoms with E-state index in [4.69, 9.17) is 9.16 Å². The van der Waals surface area contributed by atoms with Crippen molar-refractivity contribution >= 4 is 30.9 Å². The molecule has 2 nitrogen and oxygen atoms in total. The van der Waals surface area contributed by atoms with Crippen LogP contribution in [0.1, 0.15) is 66.1 Å². The summed E-state index contributed by atoms with van der Waals surface area (Å²) >= 11 is 2.53. The molecule has 1 aromatic rings. The van der Waals surface area contributed by atoms with Gasteiger partial charge in [0.1, 0.15) is 0 Å². The maximum Gasteiger partial charge on any atom is 0.203 e. The molecule has 1 aromatic carbocycles. The van der Waals surface area contributed by atoms with Crippen LogP contribution in [0.4, 0.5) is 0 Å². The lowest BCUT2D eigenvalue weighted by Crippen LogP contribution is -2.53. The van der Waals surface area contributed by atoms with Crippen molar-refractivity contribution in [2.24, 2.45) is 0 Å². The summed E-state index contributed by atoms with van der Waals surface area (Å²) in [5, 5.41) is 0. The summed E-state index contributed by atoms with van der Waals surface area (Å²) in [6, 6.07) is 10.6. The Balaban J connectivity index is 2.21. The highest BCUT2D eigenvalue weighted by molar-refractivity contribution is 14.1. The average Bonchev–Trinajstić information content (AvgIpc) is 2.53. The molecule has 0 radical (unpaired) electrons. The quantitative estimate of drug-likeness (QED) is 0.262. The summed E-state index contributed by atoms with van der Waals surface area (Å²) in [7, 11) is -1.92. The van der Waals surface area contributed by atoms with Crippen LogP contribution in [0, 0.1) is 0 Å². The Bertz CT molecular complexity index is 482. The fraction of sp³-hybridized carbons (Fsp3) is 0.700. The van der Waals surface area contributed by atoms with Gasteiger partial charge in [-0.15, -0.1) is 0 Å². The van der Waals surface area contributed by atoms with Gasteiger partial charge in [-0.2, -0.15) is 0 Å². The van der Waals surface area contributed by atoms with Crippen LogP contribution in [0.15, 0.2) is 30.3 Å². The first-order chi connectivity index (χ1) is 11.3. The van der Waals surface area contributed by atoms with Crippen molar-refractivity contribution in [3.8, 4) is 0 Å². The van der Waals surface area contributed by atoms with Crippen LogP contribution >= 0.6 is 22.6 Å². The monoisotopic (exact) mass is 460 g/mol. The van der Waals surface area contributed by atoms with E-state index in [2.05, 4.69) is 94.5 Å². The Labute approximate surface area is 163 Å². The number of ether oxygens (including phenoxy) is 1. The summed E-state index contributed by atoms with van der Waals surface area (Å²) < 4.78 is 13.9. The van der Waals surface area contributed by atoms with E-state index in [1.165, 1.54) is 5.56 Å². The highest BCUT2D eigenvalue weighted by Gasteiger charge is 2.48. The molecule has 0 spiro atoms. The second-order valence-corrected chi connectivity index (χ2v) is 14.9. The van der Waals surface area contributed by atoms with E-state index >= 15 is 0 Å². The fourth-order valence-electron chi connectivity index (χ4n) is 4.39. The first kappa shape index (κ1) is 20.4. The molecule has 0 aromatic heterocycles. The molecule has 0 amide bonds. The second kappa shape index (κ2) is 8.65. The van der Waals surface area contributed by atoms with E-state index in [1.807, 2.05) is 0 Å². The highest BCUT2D eigenvalue weighted by atomic mass is 127. The normalized spacial score (nSPS) is 25.7. The van der Waals surface area contributed by atoms with E-state index < -0.39 is 8.32 Å². The van der Waals surface area contributed by atoms with Crippen molar-refractivity contribution in [3.05, 3.63) is 35.9 Å². The fourth-order valence-corrected chi connectivity index (χ4v) is 10.8. The third-order valence-corrected chi connectivity index (χ3v) is 12.8. The van der Waals surface area contributed by atoms with Gasteiger partial charge in [-0.1, -0.05) is 94.5 Å². The molecule has 0 saturated carbocycles. The number of hydrogen-bond acceptors (Lipinski definition) is 2. The standard InChI is InChI=1S/C20H33IO2Si/c1-14(2)24(15(3)4,16(5)6)23-20-18(21)12-13-19(22-20)17-10-8-7-9-11-17/h7-11,14-16,18-20H,12-13H2,1-6H3/t18?,19-,20?/m0/s1. The van der Waals surface area contributed by atoms with Gasteiger partial charge in [0.15, 0.2) is 6.29 Å². The lowest BCUT2D eigenvalue weighted by molar-refractivity contribution is -0.150. The lowest BCUT2D eigenvalue weighted by atomic mass is 10.0. The van der Waals surface area contributed by atoms with E-state index in [0.29, 0.717) is 20.5 Å². The molecule has 0 N–H and O–H groups in total. The largest absolute Gasteiger partial charge is 0.391 e. The van der Waals surface area contributed by atoms with E-state index in [1.54, 1.807) is 0 Å². The number of rotatable bonds is 6. The lowest BCUT2D eigenvalue weighted by Gasteiger charge is -2.47. The Kier molecular flexibility index (Phi) is 7.35. The third kappa shape index (κ3) is 4.25. The van der Waals surface area contributed by atoms with Crippen molar-refractivity contribution in [2.75, 3.05) is 0 Å². The van der Waals surface area contributed by atoms with Gasteiger partial charge in [0.25, 0.3) is 0 Å². The molecule has 2 rings (SSSR count). The van der Waals surface area contributed by atoms with E-state index in [-0.39, 0.29) is 12.4 Å².